The molecule has 78 heavy (non-hydrogen) atoms. The number of fused-ring (bicyclic) bond motifs is 15. The number of benzene rings is 12. The molecular weight excluding hydrogens is 969 g/mol. The monoisotopic (exact) mass is 1010 g/mol. The number of hydrogen-bond donors (Lipinski definition) is 0. The van der Waals surface area contributed by atoms with Gasteiger partial charge in [0.2, 0.25) is 0 Å². The Morgan fingerprint density at radius 2 is 0.923 bits per heavy atom. The predicted molar refractivity (Wildman–Crippen MR) is 324 cm³/mol. The van der Waals surface area contributed by atoms with Gasteiger partial charge in [0.1, 0.15) is 22.7 Å². The fraction of sp³-hybridized carbons (Fsp3) is 0.0137. The standard InChI is InChI=1S/C73H46N2O2S/c1-4-20-47(21-5-1)58-45-54(46-64-72(58)77-67-35-16-15-33-63(67)73(64)61-31-13-10-28-55(61)56-29-11-14-32-62(56)73)74(53-39-41-70-59(44-53)57-30-12-17-37-69(57)78-70)52-27-18-22-48(42-52)49-38-40-66-60(43-49)71-65(34-19-36-68(71)76-66)75(50-23-6-2-7-24-50)51-25-8-3-9-26-51/h1-46H. The van der Waals surface area contributed by atoms with Gasteiger partial charge >= 0.3 is 0 Å². The molecule has 16 rings (SSSR count). The first kappa shape index (κ1) is 44.4. The molecule has 0 atom stereocenters. The van der Waals surface area contributed by atoms with Crippen LogP contribution in [0.25, 0.3) is 75.5 Å². The van der Waals surface area contributed by atoms with Crippen LogP contribution in [0.4, 0.5) is 34.1 Å². The summed E-state index contributed by atoms with van der Waals surface area (Å²) in [7, 11) is 0. The summed E-state index contributed by atoms with van der Waals surface area (Å²) in [5, 5.41) is 4.60. The molecule has 1 aliphatic heterocycles. The summed E-state index contributed by atoms with van der Waals surface area (Å²) in [6.07, 6.45) is 0. The first-order valence-corrected chi connectivity index (χ1v) is 27.4. The van der Waals surface area contributed by atoms with Gasteiger partial charge in [-0.05, 0) is 142 Å². The highest BCUT2D eigenvalue weighted by atomic mass is 32.1. The minimum absolute atomic E-state index is 0.684. The largest absolute Gasteiger partial charge is 0.456 e. The normalized spacial score (nSPS) is 12.8. The van der Waals surface area contributed by atoms with E-state index in [4.69, 9.17) is 9.15 Å². The van der Waals surface area contributed by atoms with Gasteiger partial charge in [-0.2, -0.15) is 0 Å². The SMILES string of the molecule is c1ccc(-c2cc(N(c3cccc(-c4ccc5oc6cccc(N(c7ccccc7)c7ccccc7)c6c5c4)c3)c3ccc4sc5ccccc5c4c3)cc3c2Oc2ccccc2C32c3ccccc3-c3ccccc32)cc1. The quantitative estimate of drug-likeness (QED) is 0.152. The molecule has 12 aromatic carbocycles. The van der Waals surface area contributed by atoms with E-state index in [0.29, 0.717) is 0 Å². The number of ether oxygens (including phenoxy) is 1. The number of thiophene rings is 1. The van der Waals surface area contributed by atoms with Gasteiger partial charge in [-0.3, -0.25) is 0 Å². The second kappa shape index (κ2) is 17.6. The zero-order valence-corrected chi connectivity index (χ0v) is 43.0. The van der Waals surface area contributed by atoms with E-state index in [1.54, 1.807) is 0 Å². The third kappa shape index (κ3) is 6.72. The van der Waals surface area contributed by atoms with Crippen molar-refractivity contribution in [1.82, 2.24) is 0 Å². The van der Waals surface area contributed by atoms with Crippen LogP contribution in [-0.2, 0) is 5.41 Å². The minimum Gasteiger partial charge on any atom is -0.456 e. The van der Waals surface area contributed by atoms with Gasteiger partial charge < -0.3 is 19.0 Å². The molecule has 0 unspecified atom stereocenters. The average molecular weight is 1020 g/mol. The van der Waals surface area contributed by atoms with E-state index >= 15 is 0 Å². The van der Waals surface area contributed by atoms with Gasteiger partial charge in [-0.15, -0.1) is 11.3 Å². The number of hydrogen-bond acceptors (Lipinski definition) is 5. The summed E-state index contributed by atoms with van der Waals surface area (Å²) in [5.74, 6) is 1.73. The van der Waals surface area contributed by atoms with Crippen molar-refractivity contribution in [2.45, 2.75) is 5.41 Å². The average Bonchev–Trinajstić information content (AvgIpc) is 4.36. The lowest BCUT2D eigenvalue weighted by atomic mass is 9.65. The third-order valence-corrected chi connectivity index (χ3v) is 17.2. The van der Waals surface area contributed by atoms with Crippen molar-refractivity contribution in [3.05, 3.63) is 301 Å². The maximum atomic E-state index is 7.30. The molecule has 0 saturated heterocycles. The molecule has 0 saturated carbocycles. The number of anilines is 6. The maximum Gasteiger partial charge on any atom is 0.140 e. The number of furan rings is 1. The van der Waals surface area contributed by atoms with Gasteiger partial charge in [0.25, 0.3) is 0 Å². The second-order valence-corrected chi connectivity index (χ2v) is 21.4. The Hall–Kier alpha value is -9.94. The molecule has 0 N–H and O–H groups in total. The van der Waals surface area contributed by atoms with Crippen LogP contribution >= 0.6 is 11.3 Å². The van der Waals surface area contributed by atoms with Crippen LogP contribution in [0.3, 0.4) is 0 Å². The van der Waals surface area contributed by atoms with Gasteiger partial charge in [0.15, 0.2) is 0 Å². The molecule has 4 nitrogen and oxygen atoms in total. The van der Waals surface area contributed by atoms with Crippen molar-refractivity contribution >= 4 is 87.6 Å². The van der Waals surface area contributed by atoms with E-state index < -0.39 is 5.41 Å². The van der Waals surface area contributed by atoms with Gasteiger partial charge in [-0.1, -0.05) is 176 Å². The van der Waals surface area contributed by atoms with Crippen LogP contribution in [0.15, 0.2) is 283 Å². The van der Waals surface area contributed by atoms with E-state index in [-0.39, 0.29) is 0 Å². The summed E-state index contributed by atoms with van der Waals surface area (Å²) >= 11 is 1.84. The molecule has 1 spiro atoms. The highest BCUT2D eigenvalue weighted by molar-refractivity contribution is 7.25. The van der Waals surface area contributed by atoms with E-state index in [9.17, 15) is 0 Å². The number of para-hydroxylation sites is 3. The van der Waals surface area contributed by atoms with Gasteiger partial charge in [-0.25, -0.2) is 0 Å². The summed E-state index contributed by atoms with van der Waals surface area (Å²) < 4.78 is 16.5. The first-order valence-electron chi connectivity index (χ1n) is 26.6. The highest BCUT2D eigenvalue weighted by Crippen LogP contribution is 2.64. The fourth-order valence-corrected chi connectivity index (χ4v) is 13.9. The number of rotatable bonds is 8. The van der Waals surface area contributed by atoms with Gasteiger partial charge in [0.05, 0.1) is 16.5 Å². The minimum atomic E-state index is -0.684. The topological polar surface area (TPSA) is 28.9 Å². The van der Waals surface area contributed by atoms with Crippen molar-refractivity contribution < 1.29 is 9.15 Å². The lowest BCUT2D eigenvalue weighted by Crippen LogP contribution is -2.32. The Balaban J connectivity index is 0.940. The molecule has 14 aromatic rings. The zero-order valence-electron chi connectivity index (χ0n) is 42.2. The van der Waals surface area contributed by atoms with E-state index in [0.717, 1.165) is 101 Å². The molecule has 0 amide bonds. The van der Waals surface area contributed by atoms with Crippen LogP contribution in [0.2, 0.25) is 0 Å². The van der Waals surface area contributed by atoms with Crippen molar-refractivity contribution in [1.29, 1.82) is 0 Å². The molecule has 366 valence electrons. The molecule has 0 fully saturated rings. The molecule has 0 bridgehead atoms. The van der Waals surface area contributed by atoms with Crippen LogP contribution in [0.1, 0.15) is 22.3 Å². The van der Waals surface area contributed by atoms with E-state index in [1.807, 2.05) is 11.3 Å². The summed E-state index contributed by atoms with van der Waals surface area (Å²) in [6.45, 7) is 0. The van der Waals surface area contributed by atoms with Crippen molar-refractivity contribution in [2.24, 2.45) is 0 Å². The smallest absolute Gasteiger partial charge is 0.140 e. The Morgan fingerprint density at radius 3 is 1.69 bits per heavy atom. The van der Waals surface area contributed by atoms with Crippen LogP contribution in [0.5, 0.6) is 11.5 Å². The third-order valence-electron chi connectivity index (χ3n) is 16.1. The highest BCUT2D eigenvalue weighted by Gasteiger charge is 2.52. The van der Waals surface area contributed by atoms with Crippen molar-refractivity contribution in [3.63, 3.8) is 0 Å². The lowest BCUT2D eigenvalue weighted by molar-refractivity contribution is 0.438. The first-order chi connectivity index (χ1) is 38.7. The van der Waals surface area contributed by atoms with Crippen LogP contribution < -0.4 is 14.5 Å². The Bertz CT molecular complexity index is 4590. The molecular formula is C73H46N2O2S. The number of nitrogens with zero attached hydrogens (tertiary/aromatic N) is 2. The molecule has 3 heterocycles. The Kier molecular flexibility index (Phi) is 9.99. The molecule has 1 aliphatic carbocycles. The van der Waals surface area contributed by atoms with Crippen LogP contribution in [0, 0.1) is 0 Å². The van der Waals surface area contributed by atoms with Crippen molar-refractivity contribution in [3.8, 4) is 44.9 Å². The summed E-state index contributed by atoms with van der Waals surface area (Å²) in [6, 6.07) is 101. The maximum absolute atomic E-state index is 7.30. The summed E-state index contributed by atoms with van der Waals surface area (Å²) in [5.41, 5.74) is 18.8. The predicted octanol–water partition coefficient (Wildman–Crippen LogP) is 20.7. The van der Waals surface area contributed by atoms with Crippen LogP contribution in [-0.4, -0.2) is 0 Å². The fourth-order valence-electron chi connectivity index (χ4n) is 12.8. The molecule has 0 radical (unpaired) electrons. The Morgan fingerprint density at radius 1 is 0.321 bits per heavy atom. The lowest BCUT2D eigenvalue weighted by Gasteiger charge is -2.41. The van der Waals surface area contributed by atoms with Crippen molar-refractivity contribution in [2.75, 3.05) is 9.80 Å². The zero-order chi connectivity index (χ0) is 51.3. The molecule has 5 heteroatoms. The Labute approximate surface area is 455 Å². The molecule has 2 aromatic heterocycles. The van der Waals surface area contributed by atoms with Gasteiger partial charge in [0, 0.05) is 70.7 Å². The van der Waals surface area contributed by atoms with E-state index in [1.165, 1.54) is 42.4 Å². The molecule has 2 aliphatic rings. The summed E-state index contributed by atoms with van der Waals surface area (Å²) in [4.78, 5) is 4.79. The van der Waals surface area contributed by atoms with E-state index in [2.05, 4.69) is 289 Å². The second-order valence-electron chi connectivity index (χ2n) is 20.3.